The Labute approximate surface area is 135 Å². The van der Waals surface area contributed by atoms with Crippen LogP contribution in [0.1, 0.15) is 15.9 Å². The molecule has 2 aromatic carbocycles. The van der Waals surface area contributed by atoms with Gasteiger partial charge in [0.05, 0.1) is 19.8 Å². The van der Waals surface area contributed by atoms with Crippen LogP contribution in [0.3, 0.4) is 0 Å². The fourth-order valence-corrected chi connectivity index (χ4v) is 2.22. The number of esters is 1. The van der Waals surface area contributed by atoms with Crippen LogP contribution in [-0.4, -0.2) is 20.2 Å². The van der Waals surface area contributed by atoms with E-state index in [2.05, 4.69) is 15.9 Å². The molecule has 116 valence electrons. The molecule has 2 rings (SSSR count). The summed E-state index contributed by atoms with van der Waals surface area (Å²) in [5.74, 6) is -0.336. The van der Waals surface area contributed by atoms with Crippen molar-refractivity contribution in [3.05, 3.63) is 57.8 Å². The molecule has 2 aromatic rings. The number of ether oxygens (including phenoxy) is 3. The van der Waals surface area contributed by atoms with Crippen LogP contribution in [0, 0.1) is 5.82 Å². The van der Waals surface area contributed by atoms with Crippen molar-refractivity contribution in [3.8, 4) is 11.5 Å². The SMILES string of the molecule is COc1ccc(Br)c(C(=O)OCc2ccc(OC)c(F)c2)c1. The Kier molecular flexibility index (Phi) is 5.38. The first-order chi connectivity index (χ1) is 10.5. The fraction of sp³-hybridized carbons (Fsp3) is 0.188. The third-order valence-electron chi connectivity index (χ3n) is 2.98. The van der Waals surface area contributed by atoms with Gasteiger partial charge >= 0.3 is 5.97 Å². The minimum atomic E-state index is -0.526. The summed E-state index contributed by atoms with van der Waals surface area (Å²) in [5, 5.41) is 0. The van der Waals surface area contributed by atoms with Crippen molar-refractivity contribution < 1.29 is 23.4 Å². The van der Waals surface area contributed by atoms with E-state index in [0.29, 0.717) is 21.3 Å². The summed E-state index contributed by atoms with van der Waals surface area (Å²) >= 11 is 3.28. The lowest BCUT2D eigenvalue weighted by Crippen LogP contribution is -2.06. The third-order valence-corrected chi connectivity index (χ3v) is 3.67. The zero-order valence-electron chi connectivity index (χ0n) is 12.1. The number of hydrogen-bond donors (Lipinski definition) is 0. The van der Waals surface area contributed by atoms with E-state index in [4.69, 9.17) is 14.2 Å². The van der Waals surface area contributed by atoms with Crippen LogP contribution in [-0.2, 0) is 11.3 Å². The first-order valence-electron chi connectivity index (χ1n) is 6.38. The molecular formula is C16H14BrFO4. The maximum Gasteiger partial charge on any atom is 0.339 e. The lowest BCUT2D eigenvalue weighted by Gasteiger charge is -2.09. The second-order valence-electron chi connectivity index (χ2n) is 4.39. The van der Waals surface area contributed by atoms with Crippen molar-refractivity contribution in [2.75, 3.05) is 14.2 Å². The van der Waals surface area contributed by atoms with Crippen LogP contribution < -0.4 is 9.47 Å². The van der Waals surface area contributed by atoms with Gasteiger partial charge in [0, 0.05) is 4.47 Å². The van der Waals surface area contributed by atoms with E-state index in [1.54, 1.807) is 24.3 Å². The van der Waals surface area contributed by atoms with Gasteiger partial charge < -0.3 is 14.2 Å². The molecule has 0 aromatic heterocycles. The molecule has 0 unspecified atom stereocenters. The number of methoxy groups -OCH3 is 2. The van der Waals surface area contributed by atoms with Crippen LogP contribution >= 0.6 is 15.9 Å². The Bertz CT molecular complexity index is 688. The molecule has 6 heteroatoms. The molecule has 0 saturated heterocycles. The average molecular weight is 369 g/mol. The number of carbonyl (C=O) groups is 1. The smallest absolute Gasteiger partial charge is 0.339 e. The molecule has 0 heterocycles. The number of carbonyl (C=O) groups excluding carboxylic acids is 1. The van der Waals surface area contributed by atoms with Crippen molar-refractivity contribution in [1.82, 2.24) is 0 Å². The highest BCUT2D eigenvalue weighted by molar-refractivity contribution is 9.10. The first kappa shape index (κ1) is 16.3. The normalized spacial score (nSPS) is 10.2. The Morgan fingerprint density at radius 3 is 2.55 bits per heavy atom. The largest absolute Gasteiger partial charge is 0.497 e. The lowest BCUT2D eigenvalue weighted by atomic mass is 10.2. The Morgan fingerprint density at radius 2 is 1.91 bits per heavy atom. The van der Waals surface area contributed by atoms with Crippen molar-refractivity contribution in [2.24, 2.45) is 0 Å². The van der Waals surface area contributed by atoms with E-state index >= 15 is 0 Å². The predicted molar refractivity (Wildman–Crippen MR) is 82.8 cm³/mol. The van der Waals surface area contributed by atoms with Crippen LogP contribution in [0.4, 0.5) is 4.39 Å². The molecule has 0 aliphatic heterocycles. The Morgan fingerprint density at radius 1 is 1.14 bits per heavy atom. The summed E-state index contributed by atoms with van der Waals surface area (Å²) in [7, 11) is 2.90. The van der Waals surface area contributed by atoms with Crippen molar-refractivity contribution >= 4 is 21.9 Å². The molecule has 0 spiro atoms. The van der Waals surface area contributed by atoms with E-state index in [-0.39, 0.29) is 12.4 Å². The summed E-state index contributed by atoms with van der Waals surface area (Å²) in [5.41, 5.74) is 0.874. The second kappa shape index (κ2) is 7.26. The number of benzene rings is 2. The summed E-state index contributed by atoms with van der Waals surface area (Å²) in [6.07, 6.45) is 0. The number of halogens is 2. The van der Waals surface area contributed by atoms with E-state index in [9.17, 15) is 9.18 Å². The molecule has 0 aliphatic carbocycles. The maximum absolute atomic E-state index is 13.6. The summed E-state index contributed by atoms with van der Waals surface area (Å²) in [6, 6.07) is 9.38. The Hall–Kier alpha value is -2.08. The number of hydrogen-bond acceptors (Lipinski definition) is 4. The fourth-order valence-electron chi connectivity index (χ4n) is 1.81. The number of rotatable bonds is 5. The van der Waals surface area contributed by atoms with Gasteiger partial charge in [-0.25, -0.2) is 9.18 Å². The molecule has 0 fully saturated rings. The van der Waals surface area contributed by atoms with Gasteiger partial charge in [0.25, 0.3) is 0 Å². The monoisotopic (exact) mass is 368 g/mol. The highest BCUT2D eigenvalue weighted by Gasteiger charge is 2.13. The molecule has 22 heavy (non-hydrogen) atoms. The highest BCUT2D eigenvalue weighted by atomic mass is 79.9. The van der Waals surface area contributed by atoms with Gasteiger partial charge in [-0.05, 0) is 51.8 Å². The molecule has 0 atom stereocenters. The molecular weight excluding hydrogens is 355 g/mol. The maximum atomic E-state index is 13.6. The Balaban J connectivity index is 2.08. The van der Waals surface area contributed by atoms with Crippen molar-refractivity contribution in [3.63, 3.8) is 0 Å². The van der Waals surface area contributed by atoms with Crippen molar-refractivity contribution in [2.45, 2.75) is 6.61 Å². The molecule has 0 N–H and O–H groups in total. The zero-order valence-corrected chi connectivity index (χ0v) is 13.6. The molecule has 0 radical (unpaired) electrons. The molecule has 0 bridgehead atoms. The van der Waals surface area contributed by atoms with Crippen molar-refractivity contribution in [1.29, 1.82) is 0 Å². The molecule has 0 aliphatic rings. The summed E-state index contributed by atoms with van der Waals surface area (Å²) in [6.45, 7) is -0.0383. The topological polar surface area (TPSA) is 44.8 Å². The van der Waals surface area contributed by atoms with E-state index in [1.807, 2.05) is 0 Å². The van der Waals surface area contributed by atoms with E-state index in [1.165, 1.54) is 26.4 Å². The van der Waals surface area contributed by atoms with E-state index < -0.39 is 11.8 Å². The highest BCUT2D eigenvalue weighted by Crippen LogP contribution is 2.24. The van der Waals surface area contributed by atoms with Crippen LogP contribution in [0.15, 0.2) is 40.9 Å². The molecule has 0 saturated carbocycles. The quantitative estimate of drug-likeness (QED) is 0.749. The van der Waals surface area contributed by atoms with Gasteiger partial charge in [-0.2, -0.15) is 0 Å². The minimum Gasteiger partial charge on any atom is -0.497 e. The van der Waals surface area contributed by atoms with Gasteiger partial charge in [0.1, 0.15) is 12.4 Å². The van der Waals surface area contributed by atoms with Crippen LogP contribution in [0.25, 0.3) is 0 Å². The predicted octanol–water partition coefficient (Wildman–Crippen LogP) is 3.96. The van der Waals surface area contributed by atoms with Crippen LogP contribution in [0.2, 0.25) is 0 Å². The summed E-state index contributed by atoms with van der Waals surface area (Å²) in [4.78, 5) is 12.1. The standard InChI is InChI=1S/C16H14BrFO4/c1-20-11-4-5-13(17)12(8-11)16(19)22-9-10-3-6-15(21-2)14(18)7-10/h3-8H,9H2,1-2H3. The van der Waals surface area contributed by atoms with Gasteiger partial charge in [-0.3, -0.25) is 0 Å². The van der Waals surface area contributed by atoms with Gasteiger partial charge in [0.15, 0.2) is 11.6 Å². The minimum absolute atomic E-state index is 0.0383. The van der Waals surface area contributed by atoms with Gasteiger partial charge in [0.2, 0.25) is 0 Å². The van der Waals surface area contributed by atoms with Crippen LogP contribution in [0.5, 0.6) is 11.5 Å². The third kappa shape index (κ3) is 3.76. The zero-order chi connectivity index (χ0) is 16.1. The average Bonchev–Trinajstić information content (AvgIpc) is 2.53. The van der Waals surface area contributed by atoms with Gasteiger partial charge in [-0.1, -0.05) is 6.07 Å². The summed E-state index contributed by atoms with van der Waals surface area (Å²) < 4.78 is 29.3. The molecule has 0 amide bonds. The first-order valence-corrected chi connectivity index (χ1v) is 7.17. The molecule has 4 nitrogen and oxygen atoms in total. The van der Waals surface area contributed by atoms with E-state index in [0.717, 1.165) is 0 Å². The second-order valence-corrected chi connectivity index (χ2v) is 5.25. The van der Waals surface area contributed by atoms with Gasteiger partial charge in [-0.15, -0.1) is 0 Å². The lowest BCUT2D eigenvalue weighted by molar-refractivity contribution is 0.0470.